The Morgan fingerprint density at radius 3 is 0.763 bits per heavy atom. The van der Waals surface area contributed by atoms with Gasteiger partial charge in [0.05, 0.1) is 16.1 Å². The molecule has 0 aromatic heterocycles. The van der Waals surface area contributed by atoms with Gasteiger partial charge < -0.3 is 0 Å². The fourth-order valence-electron chi connectivity index (χ4n) is 16.0. The highest BCUT2D eigenvalue weighted by Crippen LogP contribution is 2.58. The van der Waals surface area contributed by atoms with Gasteiger partial charge in [0, 0.05) is 0 Å². The molecule has 0 heterocycles. The van der Waals surface area contributed by atoms with E-state index in [0.29, 0.717) is 47.3 Å². The molecule has 0 nitrogen and oxygen atoms in total. The lowest BCUT2D eigenvalue weighted by Gasteiger charge is -2.54. The van der Waals surface area contributed by atoms with Crippen molar-refractivity contribution in [2.45, 2.75) is 262 Å². The van der Waals surface area contributed by atoms with Crippen LogP contribution in [-0.2, 0) is 0 Å². The highest BCUT2D eigenvalue weighted by Gasteiger charge is 2.56. The van der Waals surface area contributed by atoms with Crippen molar-refractivity contribution < 1.29 is 0 Å². The molecule has 0 radical (unpaired) electrons. The zero-order valence-electron chi connectivity index (χ0n) is 54.0. The van der Waals surface area contributed by atoms with Gasteiger partial charge >= 0.3 is 0 Å². The average molecular weight is 1050 g/mol. The third-order valence-electron chi connectivity index (χ3n) is 19.1. The molecule has 7 aromatic rings. The zero-order chi connectivity index (χ0) is 57.1. The van der Waals surface area contributed by atoms with Crippen molar-refractivity contribution in [2.24, 2.45) is 11.8 Å². The van der Waals surface area contributed by atoms with Gasteiger partial charge in [0.1, 0.15) is 0 Å². The number of fused-ring (bicyclic) bond motifs is 2. The van der Waals surface area contributed by atoms with E-state index in [1.165, 1.54) is 111 Å². The lowest BCUT2D eigenvalue weighted by molar-refractivity contribution is 0.586. The molecule has 0 saturated heterocycles. The minimum atomic E-state index is -2.41. The topological polar surface area (TPSA) is 0 Å². The molecule has 0 unspecified atom stereocenters. The molecule has 0 fully saturated rings. The molecule has 2 heteroatoms. The van der Waals surface area contributed by atoms with Crippen LogP contribution in [0.25, 0.3) is 65.3 Å². The maximum absolute atomic E-state index is 2.75. The molecule has 0 aliphatic heterocycles. The second kappa shape index (κ2) is 20.7. The van der Waals surface area contributed by atoms with E-state index >= 15 is 0 Å². The molecule has 412 valence electrons. The van der Waals surface area contributed by atoms with E-state index in [1.807, 2.05) is 0 Å². The van der Waals surface area contributed by atoms with E-state index in [4.69, 9.17) is 0 Å². The van der Waals surface area contributed by atoms with Crippen molar-refractivity contribution >= 4 is 69.6 Å². The van der Waals surface area contributed by atoms with Gasteiger partial charge in [-0.25, -0.2) is 0 Å². The minimum Gasteiger partial charge on any atom is -0.0630 e. The molecule has 7 rings (SSSR count). The van der Waals surface area contributed by atoms with Gasteiger partial charge in [0.15, 0.2) is 0 Å². The number of rotatable bonds is 14. The standard InChI is InChI=1S/C74H108Si2/c1-43(2)41-75(71(17,18)19,72(20,21)22)65-31-29-55-56-30-32-66(76(42-44(3)4,73(23,24)25)74(26,27)28)64-40-54(68-59(49(13)14)35-52(46(7)8)36-60(68)50(15)16)38-62(70(56)64)61-37-53(39-63(65)69(55)61)67-57(47(9)10)33-51(45(5)6)34-58(67)48(11)12/h29-40,43-50H,41-42H2,1-28H3. The summed E-state index contributed by atoms with van der Waals surface area (Å²) in [7, 11) is -4.83. The molecule has 0 saturated carbocycles. The summed E-state index contributed by atoms with van der Waals surface area (Å²) in [5.41, 5.74) is 14.6. The predicted octanol–water partition coefficient (Wildman–Crippen LogP) is 23.6. The second-order valence-electron chi connectivity index (χ2n) is 31.3. The van der Waals surface area contributed by atoms with E-state index in [9.17, 15) is 0 Å². The van der Waals surface area contributed by atoms with Crippen molar-refractivity contribution in [2.75, 3.05) is 0 Å². The van der Waals surface area contributed by atoms with E-state index in [1.54, 1.807) is 10.4 Å². The van der Waals surface area contributed by atoms with E-state index in [0.717, 1.165) is 0 Å². The Balaban J connectivity index is 1.93. The van der Waals surface area contributed by atoms with Crippen molar-refractivity contribution in [1.82, 2.24) is 0 Å². The number of hydrogen-bond acceptors (Lipinski definition) is 0. The Labute approximate surface area is 468 Å². The van der Waals surface area contributed by atoms with Gasteiger partial charge in [-0.05, 0) is 190 Å². The third kappa shape index (κ3) is 9.93. The normalized spacial score (nSPS) is 14.1. The Kier molecular flexibility index (Phi) is 16.4. The van der Waals surface area contributed by atoms with Crippen LogP contribution in [0.15, 0.2) is 72.8 Å². The summed E-state index contributed by atoms with van der Waals surface area (Å²) in [6, 6.07) is 34.5. The van der Waals surface area contributed by atoms with Crippen molar-refractivity contribution in [3.63, 3.8) is 0 Å². The summed E-state index contributed by atoms with van der Waals surface area (Å²) in [6.07, 6.45) is 0. The van der Waals surface area contributed by atoms with Gasteiger partial charge in [-0.3, -0.25) is 0 Å². The Morgan fingerprint density at radius 1 is 0.303 bits per heavy atom. The molecular formula is C74H108Si2. The molecular weight excluding hydrogens is 945 g/mol. The summed E-state index contributed by atoms with van der Waals surface area (Å²) >= 11 is 0. The third-order valence-corrected chi connectivity index (χ3v) is 34.9. The van der Waals surface area contributed by atoms with Crippen molar-refractivity contribution in [1.29, 1.82) is 0 Å². The molecule has 0 bridgehead atoms. The fourth-order valence-corrected chi connectivity index (χ4v) is 31.1. The first-order valence-corrected chi connectivity index (χ1v) is 34.8. The second-order valence-corrected chi connectivity index (χ2v) is 42.8. The fraction of sp³-hybridized carbons (Fsp3) is 0.568. The van der Waals surface area contributed by atoms with Crippen LogP contribution in [0.1, 0.15) is 263 Å². The van der Waals surface area contributed by atoms with E-state index in [2.05, 4.69) is 267 Å². The van der Waals surface area contributed by atoms with Gasteiger partial charge in [0.2, 0.25) is 0 Å². The van der Waals surface area contributed by atoms with Gasteiger partial charge in [0.25, 0.3) is 0 Å². The van der Waals surface area contributed by atoms with E-state index in [-0.39, 0.29) is 20.2 Å². The molecule has 0 aliphatic carbocycles. The van der Waals surface area contributed by atoms with Crippen LogP contribution < -0.4 is 10.4 Å². The van der Waals surface area contributed by atoms with Gasteiger partial charge in [-0.15, -0.1) is 0 Å². The summed E-state index contributed by atoms with van der Waals surface area (Å²) < 4.78 is 0. The molecule has 0 spiro atoms. The highest BCUT2D eigenvalue weighted by atomic mass is 28.3. The summed E-state index contributed by atoms with van der Waals surface area (Å²) in [4.78, 5) is 0. The highest BCUT2D eigenvalue weighted by molar-refractivity contribution is 6.98. The van der Waals surface area contributed by atoms with Gasteiger partial charge in [-0.2, -0.15) is 0 Å². The van der Waals surface area contributed by atoms with Crippen LogP contribution in [-0.4, -0.2) is 16.1 Å². The van der Waals surface area contributed by atoms with Crippen LogP contribution in [0.2, 0.25) is 32.2 Å². The van der Waals surface area contributed by atoms with Crippen LogP contribution in [0.5, 0.6) is 0 Å². The first kappa shape index (κ1) is 59.9. The molecule has 0 atom stereocenters. The zero-order valence-corrected chi connectivity index (χ0v) is 56.0. The molecule has 0 aliphatic rings. The van der Waals surface area contributed by atoms with Crippen LogP contribution in [0, 0.1) is 11.8 Å². The molecule has 0 N–H and O–H groups in total. The SMILES string of the molecule is CC(C)C[Si](c1ccc2c3ccc([Si](CC(C)C)(C(C)(C)C)C(C)(C)C)c4cc(-c5c(C(C)C)cc(C(C)C)cc5C(C)C)cc(c5cc(-c6c(C(C)C)cc(C(C)C)cc6C(C)C)cc1c25)c43)(C(C)(C)C)C(C)(C)C. The van der Waals surface area contributed by atoms with Crippen LogP contribution in [0.3, 0.4) is 0 Å². The maximum atomic E-state index is 2.75. The Hall–Kier alpha value is -3.73. The Bertz CT molecular complexity index is 2940. The molecule has 7 aromatic carbocycles. The monoisotopic (exact) mass is 1050 g/mol. The van der Waals surface area contributed by atoms with Gasteiger partial charge in [-0.1, -0.05) is 265 Å². The Morgan fingerprint density at radius 2 is 0.553 bits per heavy atom. The lowest BCUT2D eigenvalue weighted by atomic mass is 9.79. The van der Waals surface area contributed by atoms with E-state index < -0.39 is 16.1 Å². The summed E-state index contributed by atoms with van der Waals surface area (Å²) in [6.45, 7) is 70.2. The predicted molar refractivity (Wildman–Crippen MR) is 352 cm³/mol. The summed E-state index contributed by atoms with van der Waals surface area (Å²) in [5.74, 6) is 3.52. The summed E-state index contributed by atoms with van der Waals surface area (Å²) in [5, 5.41) is 15.4. The van der Waals surface area contributed by atoms with Crippen molar-refractivity contribution in [3.05, 3.63) is 106 Å². The van der Waals surface area contributed by atoms with Crippen LogP contribution >= 0.6 is 0 Å². The van der Waals surface area contributed by atoms with Crippen LogP contribution in [0.4, 0.5) is 0 Å². The molecule has 76 heavy (non-hydrogen) atoms. The van der Waals surface area contributed by atoms with Crippen molar-refractivity contribution in [3.8, 4) is 22.3 Å². The quantitative estimate of drug-likeness (QED) is 0.0578. The average Bonchev–Trinajstić information content (AvgIpc) is 3.28. The number of hydrogen-bond donors (Lipinski definition) is 0. The smallest absolute Gasteiger partial charge is 0.0630 e. The maximum Gasteiger partial charge on any atom is 0.0983 e. The first-order chi connectivity index (χ1) is 34.8. The lowest BCUT2D eigenvalue weighted by Crippen LogP contribution is -2.62. The number of benzene rings is 7. The molecule has 0 amide bonds. The minimum absolute atomic E-state index is 0.0995. The first-order valence-electron chi connectivity index (χ1n) is 30.4. The largest absolute Gasteiger partial charge is 0.0983 e.